The van der Waals surface area contributed by atoms with Gasteiger partial charge in [0.15, 0.2) is 5.82 Å². The van der Waals surface area contributed by atoms with E-state index in [1.54, 1.807) is 6.07 Å². The topological polar surface area (TPSA) is 76.2 Å². The van der Waals surface area contributed by atoms with Crippen LogP contribution in [0.15, 0.2) is 24.3 Å². The lowest BCUT2D eigenvalue weighted by Crippen LogP contribution is -2.18. The van der Waals surface area contributed by atoms with Gasteiger partial charge < -0.3 is 14.8 Å². The number of fused-ring (bicyclic) bond motifs is 1. The van der Waals surface area contributed by atoms with Crippen molar-refractivity contribution in [3.63, 3.8) is 0 Å². The highest BCUT2D eigenvalue weighted by atomic mass is 19.4. The number of hydrogen-bond donors (Lipinski definition) is 2. The third-order valence-corrected chi connectivity index (χ3v) is 3.45. The predicted octanol–water partition coefficient (Wildman–Crippen LogP) is 2.56. The molecule has 0 spiro atoms. The van der Waals surface area contributed by atoms with Gasteiger partial charge in [-0.05, 0) is 17.7 Å². The van der Waals surface area contributed by atoms with E-state index in [4.69, 9.17) is 4.74 Å². The molecule has 0 aliphatic carbocycles. The molecule has 0 bridgehead atoms. The molecule has 6 nitrogen and oxygen atoms in total. The van der Waals surface area contributed by atoms with Gasteiger partial charge in [-0.2, -0.15) is 5.10 Å². The summed E-state index contributed by atoms with van der Waals surface area (Å²) in [6, 6.07) is 5.30. The Morgan fingerprint density at radius 3 is 3.04 bits per heavy atom. The molecule has 128 valence electrons. The number of alkyl halides is 3. The van der Waals surface area contributed by atoms with Crippen molar-refractivity contribution in [3.8, 4) is 5.75 Å². The Morgan fingerprint density at radius 1 is 1.42 bits per heavy atom. The number of nitrogens with one attached hydrogen (secondary N) is 2. The van der Waals surface area contributed by atoms with Crippen LogP contribution in [0.4, 0.5) is 19.0 Å². The minimum atomic E-state index is -4.77. The number of H-pyrrole nitrogens is 1. The molecule has 3 rings (SSSR count). The summed E-state index contributed by atoms with van der Waals surface area (Å²) in [7, 11) is 0. The maximum atomic E-state index is 12.2. The van der Waals surface area contributed by atoms with E-state index < -0.39 is 6.36 Å². The molecular weight excluding hydrogens is 327 g/mol. The largest absolute Gasteiger partial charge is 0.573 e. The molecule has 1 aliphatic heterocycles. The van der Waals surface area contributed by atoms with Gasteiger partial charge in [0.05, 0.1) is 19.6 Å². The fraction of sp³-hybridized carbons (Fsp3) is 0.333. The van der Waals surface area contributed by atoms with Crippen molar-refractivity contribution in [1.82, 2.24) is 10.2 Å². The molecule has 2 aromatic rings. The molecule has 0 atom stereocenters. The summed E-state index contributed by atoms with van der Waals surface area (Å²) in [4.78, 5) is 12.1. The molecule has 24 heavy (non-hydrogen) atoms. The Labute approximate surface area is 135 Å². The van der Waals surface area contributed by atoms with Crippen molar-refractivity contribution in [2.45, 2.75) is 25.8 Å². The van der Waals surface area contributed by atoms with Crippen LogP contribution in [-0.4, -0.2) is 29.1 Å². The zero-order chi connectivity index (χ0) is 17.2. The van der Waals surface area contributed by atoms with Crippen LogP contribution in [0.1, 0.15) is 16.8 Å². The van der Waals surface area contributed by atoms with Crippen LogP contribution in [0.3, 0.4) is 0 Å². The molecule has 2 N–H and O–H groups in total. The van der Waals surface area contributed by atoms with Gasteiger partial charge in [-0.1, -0.05) is 12.1 Å². The second kappa shape index (κ2) is 6.52. The lowest BCUT2D eigenvalue weighted by Gasteiger charge is -2.13. The fourth-order valence-electron chi connectivity index (χ4n) is 2.43. The number of amides is 1. The number of aromatic amines is 1. The number of anilines is 1. The summed E-state index contributed by atoms with van der Waals surface area (Å²) in [6.45, 7) is 0.949. The Bertz CT molecular complexity index is 743. The highest BCUT2D eigenvalue weighted by Crippen LogP contribution is 2.24. The van der Waals surface area contributed by atoms with Crippen molar-refractivity contribution in [2.24, 2.45) is 0 Å². The lowest BCUT2D eigenvalue weighted by molar-refractivity contribution is -0.274. The molecule has 0 saturated carbocycles. The van der Waals surface area contributed by atoms with Crippen LogP contribution in [0.25, 0.3) is 0 Å². The Hall–Kier alpha value is -2.55. The van der Waals surface area contributed by atoms with Gasteiger partial charge in [0.1, 0.15) is 5.75 Å². The van der Waals surface area contributed by atoms with E-state index in [1.807, 2.05) is 0 Å². The number of carbonyl (C=O) groups excluding carboxylic acids is 1. The summed E-state index contributed by atoms with van der Waals surface area (Å²) >= 11 is 0. The van der Waals surface area contributed by atoms with Crippen LogP contribution in [-0.2, 0) is 29.0 Å². The number of carbonyl (C=O) groups is 1. The summed E-state index contributed by atoms with van der Waals surface area (Å²) in [5, 5.41) is 9.52. The molecule has 1 aromatic heterocycles. The van der Waals surface area contributed by atoms with Gasteiger partial charge in [-0.3, -0.25) is 9.89 Å². The molecule has 0 radical (unpaired) electrons. The minimum absolute atomic E-state index is 0.0997. The Kier molecular flexibility index (Phi) is 4.43. The average Bonchev–Trinajstić information content (AvgIpc) is 2.89. The van der Waals surface area contributed by atoms with E-state index in [9.17, 15) is 18.0 Å². The number of rotatable bonds is 4. The van der Waals surface area contributed by atoms with E-state index in [0.717, 1.165) is 11.3 Å². The maximum absolute atomic E-state index is 12.2. The highest BCUT2D eigenvalue weighted by Gasteiger charge is 2.31. The first-order chi connectivity index (χ1) is 11.4. The Morgan fingerprint density at radius 2 is 2.25 bits per heavy atom. The van der Waals surface area contributed by atoms with Crippen LogP contribution < -0.4 is 10.1 Å². The quantitative estimate of drug-likeness (QED) is 0.896. The first-order valence-corrected chi connectivity index (χ1v) is 7.19. The van der Waals surface area contributed by atoms with Crippen LogP contribution >= 0.6 is 0 Å². The van der Waals surface area contributed by atoms with Gasteiger partial charge in [0.2, 0.25) is 5.91 Å². The molecule has 0 saturated heterocycles. The maximum Gasteiger partial charge on any atom is 0.573 e. The first-order valence-electron chi connectivity index (χ1n) is 7.19. The summed E-state index contributed by atoms with van der Waals surface area (Å²) in [6.07, 6.45) is -4.18. The molecule has 1 amide bonds. The van der Waals surface area contributed by atoms with Crippen molar-refractivity contribution >= 4 is 11.7 Å². The van der Waals surface area contributed by atoms with Gasteiger partial charge in [0.25, 0.3) is 0 Å². The highest BCUT2D eigenvalue weighted by molar-refractivity contribution is 5.92. The summed E-state index contributed by atoms with van der Waals surface area (Å²) < 4.78 is 45.8. The van der Waals surface area contributed by atoms with Crippen LogP contribution in [0, 0.1) is 0 Å². The lowest BCUT2D eigenvalue weighted by atomic mass is 10.1. The fourth-order valence-corrected chi connectivity index (χ4v) is 2.43. The zero-order valence-corrected chi connectivity index (χ0v) is 12.4. The van der Waals surface area contributed by atoms with Crippen molar-refractivity contribution < 1.29 is 27.4 Å². The van der Waals surface area contributed by atoms with Gasteiger partial charge in [-0.25, -0.2) is 0 Å². The number of halogens is 3. The van der Waals surface area contributed by atoms with E-state index in [1.165, 1.54) is 18.2 Å². The zero-order valence-electron chi connectivity index (χ0n) is 12.4. The average molecular weight is 341 g/mol. The van der Waals surface area contributed by atoms with E-state index in [0.29, 0.717) is 31.0 Å². The molecule has 2 heterocycles. The first kappa shape index (κ1) is 16.3. The molecule has 0 unspecified atom stereocenters. The SMILES string of the molecule is O=C(Cc1cccc(OC(F)(F)F)c1)Nc1n[nH]c2c1COCC2. The number of hydrogen-bond acceptors (Lipinski definition) is 4. The smallest absolute Gasteiger partial charge is 0.406 e. The monoisotopic (exact) mass is 341 g/mol. The van der Waals surface area contributed by atoms with Crippen molar-refractivity contribution in [1.29, 1.82) is 0 Å². The minimum Gasteiger partial charge on any atom is -0.406 e. The standard InChI is InChI=1S/C15H14F3N3O3/c16-15(17,18)24-10-3-1-2-9(6-10)7-13(22)19-14-11-8-23-5-4-12(11)20-21-14/h1-3,6H,4-5,7-8H2,(H2,19,20,21,22). The van der Waals surface area contributed by atoms with Crippen LogP contribution in [0.2, 0.25) is 0 Å². The molecule has 9 heteroatoms. The van der Waals surface area contributed by atoms with E-state index >= 15 is 0 Å². The summed E-state index contributed by atoms with van der Waals surface area (Å²) in [5.41, 5.74) is 2.11. The number of nitrogens with zero attached hydrogens (tertiary/aromatic N) is 1. The van der Waals surface area contributed by atoms with Crippen molar-refractivity contribution in [3.05, 3.63) is 41.1 Å². The van der Waals surface area contributed by atoms with E-state index in [-0.39, 0.29) is 18.1 Å². The second-order valence-corrected chi connectivity index (χ2v) is 5.25. The van der Waals surface area contributed by atoms with Gasteiger partial charge in [-0.15, -0.1) is 13.2 Å². The summed E-state index contributed by atoms with van der Waals surface area (Å²) in [5.74, 6) is -0.366. The van der Waals surface area contributed by atoms with Gasteiger partial charge in [0, 0.05) is 17.7 Å². The normalized spacial score (nSPS) is 14.1. The van der Waals surface area contributed by atoms with Gasteiger partial charge >= 0.3 is 6.36 Å². The number of aromatic nitrogens is 2. The molecule has 0 fully saturated rings. The van der Waals surface area contributed by atoms with Crippen LogP contribution in [0.5, 0.6) is 5.75 Å². The van der Waals surface area contributed by atoms with E-state index in [2.05, 4.69) is 20.3 Å². The van der Waals surface area contributed by atoms with Crippen molar-refractivity contribution in [2.75, 3.05) is 11.9 Å². The third kappa shape index (κ3) is 4.05. The Balaban J connectivity index is 1.65. The molecule has 1 aliphatic rings. The number of ether oxygens (including phenoxy) is 2. The number of benzene rings is 1. The second-order valence-electron chi connectivity index (χ2n) is 5.25. The predicted molar refractivity (Wildman–Crippen MR) is 77.4 cm³/mol. The molecule has 1 aromatic carbocycles. The molecular formula is C15H14F3N3O3. The third-order valence-electron chi connectivity index (χ3n) is 3.45.